The lowest BCUT2D eigenvalue weighted by atomic mass is 10.0. The number of benzene rings is 2. The highest BCUT2D eigenvalue weighted by molar-refractivity contribution is 6.31. The SMILES string of the molecule is O=C(Cc1c(F)cccc1Cl)N1CCCC1c1ccccc1. The number of rotatable bonds is 3. The first kappa shape index (κ1) is 15.0. The van der Waals surface area contributed by atoms with E-state index < -0.39 is 5.82 Å². The Morgan fingerprint density at radius 1 is 1.18 bits per heavy atom. The van der Waals surface area contributed by atoms with Gasteiger partial charge in [-0.15, -0.1) is 0 Å². The molecule has 0 radical (unpaired) electrons. The molecule has 0 aliphatic carbocycles. The van der Waals surface area contributed by atoms with Gasteiger partial charge in [-0.2, -0.15) is 0 Å². The van der Waals surface area contributed by atoms with Crippen molar-refractivity contribution in [3.05, 3.63) is 70.5 Å². The molecule has 2 aromatic carbocycles. The minimum atomic E-state index is -0.420. The second-order valence-corrected chi connectivity index (χ2v) is 5.94. The van der Waals surface area contributed by atoms with Gasteiger partial charge >= 0.3 is 0 Å². The molecule has 1 saturated heterocycles. The number of hydrogen-bond acceptors (Lipinski definition) is 1. The van der Waals surface area contributed by atoms with Crippen LogP contribution in [0.1, 0.15) is 30.0 Å². The van der Waals surface area contributed by atoms with Crippen molar-refractivity contribution in [2.45, 2.75) is 25.3 Å². The smallest absolute Gasteiger partial charge is 0.227 e. The van der Waals surface area contributed by atoms with Crippen molar-refractivity contribution in [1.29, 1.82) is 0 Å². The van der Waals surface area contributed by atoms with Gasteiger partial charge < -0.3 is 4.90 Å². The van der Waals surface area contributed by atoms with E-state index in [9.17, 15) is 9.18 Å². The molecule has 0 N–H and O–H groups in total. The minimum Gasteiger partial charge on any atom is -0.335 e. The first-order valence-corrected chi connectivity index (χ1v) is 7.82. The third-order valence-corrected chi connectivity index (χ3v) is 4.50. The van der Waals surface area contributed by atoms with Crippen molar-refractivity contribution in [3.8, 4) is 0 Å². The third-order valence-electron chi connectivity index (χ3n) is 4.15. The molecule has 114 valence electrons. The van der Waals surface area contributed by atoms with Gasteiger partial charge in [0.05, 0.1) is 12.5 Å². The molecule has 1 amide bonds. The fourth-order valence-electron chi connectivity index (χ4n) is 3.04. The molecule has 1 aliphatic heterocycles. The molecule has 0 bridgehead atoms. The molecular formula is C18H17ClFNO. The Balaban J connectivity index is 1.80. The molecule has 4 heteroatoms. The summed E-state index contributed by atoms with van der Waals surface area (Å²) in [5.41, 5.74) is 1.42. The van der Waals surface area contributed by atoms with Crippen LogP contribution >= 0.6 is 11.6 Å². The lowest BCUT2D eigenvalue weighted by molar-refractivity contribution is -0.131. The maximum atomic E-state index is 13.9. The van der Waals surface area contributed by atoms with Crippen LogP contribution < -0.4 is 0 Å². The molecule has 1 fully saturated rings. The van der Waals surface area contributed by atoms with Gasteiger partial charge in [-0.3, -0.25) is 4.79 Å². The Bertz CT molecular complexity index is 654. The summed E-state index contributed by atoms with van der Waals surface area (Å²) in [6.45, 7) is 0.713. The minimum absolute atomic E-state index is 0.00877. The third kappa shape index (κ3) is 3.00. The molecule has 3 rings (SSSR count). The first-order chi connectivity index (χ1) is 10.7. The van der Waals surface area contributed by atoms with Crippen LogP contribution in [0.15, 0.2) is 48.5 Å². The van der Waals surface area contributed by atoms with Gasteiger partial charge in [-0.05, 0) is 30.5 Å². The molecule has 1 atom stereocenters. The zero-order valence-corrected chi connectivity index (χ0v) is 12.9. The molecule has 22 heavy (non-hydrogen) atoms. The van der Waals surface area contributed by atoms with Crippen molar-refractivity contribution in [2.24, 2.45) is 0 Å². The van der Waals surface area contributed by atoms with Crippen LogP contribution in [0.2, 0.25) is 5.02 Å². The topological polar surface area (TPSA) is 20.3 Å². The van der Waals surface area contributed by atoms with E-state index in [2.05, 4.69) is 0 Å². The Kier molecular flexibility index (Phi) is 4.44. The van der Waals surface area contributed by atoms with Gasteiger partial charge in [0, 0.05) is 17.1 Å². The second kappa shape index (κ2) is 6.49. The molecule has 2 aromatic rings. The van der Waals surface area contributed by atoms with Gasteiger partial charge in [-0.25, -0.2) is 4.39 Å². The quantitative estimate of drug-likeness (QED) is 0.822. The summed E-state index contributed by atoms with van der Waals surface area (Å²) >= 11 is 6.02. The average Bonchev–Trinajstić information content (AvgIpc) is 3.01. The van der Waals surface area contributed by atoms with Gasteiger partial charge in [0.25, 0.3) is 0 Å². The summed E-state index contributed by atoms with van der Waals surface area (Å²) in [6, 6.07) is 14.6. The van der Waals surface area contributed by atoms with Crippen LogP contribution in [0, 0.1) is 5.82 Å². The van der Waals surface area contributed by atoms with Gasteiger partial charge in [0.2, 0.25) is 5.91 Å². The van der Waals surface area contributed by atoms with E-state index in [0.717, 1.165) is 18.4 Å². The van der Waals surface area contributed by atoms with E-state index >= 15 is 0 Å². The zero-order valence-electron chi connectivity index (χ0n) is 12.1. The van der Waals surface area contributed by atoms with E-state index in [1.165, 1.54) is 6.07 Å². The maximum Gasteiger partial charge on any atom is 0.227 e. The van der Waals surface area contributed by atoms with Gasteiger partial charge in [0.1, 0.15) is 5.82 Å². The molecule has 0 saturated carbocycles. The monoisotopic (exact) mass is 317 g/mol. The van der Waals surface area contributed by atoms with Gasteiger partial charge in [-0.1, -0.05) is 48.0 Å². The number of halogens is 2. The highest BCUT2D eigenvalue weighted by Gasteiger charge is 2.30. The van der Waals surface area contributed by atoms with E-state index in [1.54, 1.807) is 12.1 Å². The van der Waals surface area contributed by atoms with E-state index in [0.29, 0.717) is 11.6 Å². The summed E-state index contributed by atoms with van der Waals surface area (Å²) < 4.78 is 13.9. The molecule has 0 spiro atoms. The Morgan fingerprint density at radius 2 is 1.95 bits per heavy atom. The van der Waals surface area contributed by atoms with Crippen LogP contribution in [0.25, 0.3) is 0 Å². The lowest BCUT2D eigenvalue weighted by Gasteiger charge is -2.25. The molecule has 1 unspecified atom stereocenters. The summed E-state index contributed by atoms with van der Waals surface area (Å²) in [5.74, 6) is -0.491. The Morgan fingerprint density at radius 3 is 2.68 bits per heavy atom. The predicted molar refractivity (Wildman–Crippen MR) is 85.2 cm³/mol. The van der Waals surface area contributed by atoms with Crippen LogP contribution in [0.3, 0.4) is 0 Å². The number of amides is 1. The summed E-state index contributed by atoms with van der Waals surface area (Å²) in [6.07, 6.45) is 1.92. The molecule has 1 heterocycles. The van der Waals surface area contributed by atoms with E-state index in [1.807, 2.05) is 35.2 Å². The second-order valence-electron chi connectivity index (χ2n) is 5.53. The van der Waals surface area contributed by atoms with Crippen LogP contribution in [0.5, 0.6) is 0 Å². The fourth-order valence-corrected chi connectivity index (χ4v) is 3.27. The molecular weight excluding hydrogens is 301 g/mol. The number of carbonyl (C=O) groups excluding carboxylic acids is 1. The predicted octanol–water partition coefficient (Wildman–Crippen LogP) is 4.39. The van der Waals surface area contributed by atoms with E-state index in [-0.39, 0.29) is 23.9 Å². The highest BCUT2D eigenvalue weighted by Crippen LogP contribution is 2.32. The highest BCUT2D eigenvalue weighted by atomic mass is 35.5. The Labute approximate surface area is 134 Å². The first-order valence-electron chi connectivity index (χ1n) is 7.44. The lowest BCUT2D eigenvalue weighted by Crippen LogP contribution is -2.32. The van der Waals surface area contributed by atoms with Crippen molar-refractivity contribution < 1.29 is 9.18 Å². The number of likely N-dealkylation sites (tertiary alicyclic amines) is 1. The van der Waals surface area contributed by atoms with Crippen molar-refractivity contribution >= 4 is 17.5 Å². The van der Waals surface area contributed by atoms with Crippen molar-refractivity contribution in [1.82, 2.24) is 4.90 Å². The largest absolute Gasteiger partial charge is 0.335 e. The maximum absolute atomic E-state index is 13.9. The average molecular weight is 318 g/mol. The van der Waals surface area contributed by atoms with Crippen molar-refractivity contribution in [3.63, 3.8) is 0 Å². The molecule has 1 aliphatic rings. The number of hydrogen-bond donors (Lipinski definition) is 0. The number of carbonyl (C=O) groups is 1. The summed E-state index contributed by atoms with van der Waals surface area (Å²) in [5, 5.41) is 0.309. The van der Waals surface area contributed by atoms with E-state index in [4.69, 9.17) is 11.6 Å². The zero-order chi connectivity index (χ0) is 15.5. The Hall–Kier alpha value is -1.87. The molecule has 0 aromatic heterocycles. The molecule has 2 nitrogen and oxygen atoms in total. The van der Waals surface area contributed by atoms with Gasteiger partial charge in [0.15, 0.2) is 0 Å². The standard InChI is InChI=1S/C18H17ClFNO/c19-15-8-4-9-16(20)14(15)12-18(22)21-11-5-10-17(21)13-6-2-1-3-7-13/h1-4,6-9,17H,5,10-12H2. The van der Waals surface area contributed by atoms with Crippen LogP contribution in [-0.2, 0) is 11.2 Å². The fraction of sp³-hybridized carbons (Fsp3) is 0.278. The normalized spacial score (nSPS) is 17.7. The van der Waals surface area contributed by atoms with Crippen molar-refractivity contribution in [2.75, 3.05) is 6.54 Å². The van der Waals surface area contributed by atoms with Crippen LogP contribution in [0.4, 0.5) is 4.39 Å². The summed E-state index contributed by atoms with van der Waals surface area (Å²) in [4.78, 5) is 14.4. The van der Waals surface area contributed by atoms with Crippen LogP contribution in [-0.4, -0.2) is 17.4 Å². The summed E-state index contributed by atoms with van der Waals surface area (Å²) in [7, 11) is 0. The number of nitrogens with zero attached hydrogens (tertiary/aromatic N) is 1.